The summed E-state index contributed by atoms with van der Waals surface area (Å²) >= 11 is 0. The van der Waals surface area contributed by atoms with Crippen molar-refractivity contribution in [2.75, 3.05) is 33.8 Å². The Morgan fingerprint density at radius 3 is 2.46 bits per heavy atom. The number of hydrogen-bond acceptors (Lipinski definition) is 6. The number of nitrogens with zero attached hydrogens (tertiary/aromatic N) is 2. The third-order valence-corrected chi connectivity index (χ3v) is 5.91. The van der Waals surface area contributed by atoms with Gasteiger partial charge in [0.1, 0.15) is 18.1 Å². The zero-order chi connectivity index (χ0) is 25.8. The number of unbranched alkanes of at least 4 members (excludes halogenated alkanes) is 1. The van der Waals surface area contributed by atoms with Crippen molar-refractivity contribution in [3.8, 4) is 0 Å². The number of aliphatic hydroxyl groups excluding tert-OH is 1. The van der Waals surface area contributed by atoms with Gasteiger partial charge in [-0.25, -0.2) is 4.79 Å². The summed E-state index contributed by atoms with van der Waals surface area (Å²) in [5.41, 5.74) is 6.53. The average molecular weight is 491 g/mol. The molecular weight excluding hydrogens is 452 g/mol. The first-order chi connectivity index (χ1) is 16.8. The minimum absolute atomic E-state index is 0.304. The normalized spacial score (nSPS) is 16.8. The van der Waals surface area contributed by atoms with Crippen molar-refractivity contribution in [2.24, 2.45) is 5.73 Å². The molecule has 11 nitrogen and oxygen atoms in total. The molecule has 0 unspecified atom stereocenters. The third-order valence-electron chi connectivity index (χ3n) is 5.91. The molecule has 0 bridgehead atoms. The van der Waals surface area contributed by atoms with Gasteiger partial charge < -0.3 is 36.6 Å². The van der Waals surface area contributed by atoms with E-state index in [0.717, 1.165) is 12.0 Å². The van der Waals surface area contributed by atoms with E-state index in [-0.39, 0.29) is 5.91 Å². The summed E-state index contributed by atoms with van der Waals surface area (Å²) in [5, 5.41) is 17.8. The van der Waals surface area contributed by atoms with Gasteiger partial charge in [0.15, 0.2) is 0 Å². The number of nitrogens with two attached hydrogens (primary N) is 1. The standard InChI is InChI=1S/C24H38N6O5/c1-29(2)24(35)28-19(16-31)23(34)30-14-8-12-20(30)22(33)27-18(11-6-7-13-25)21(32)26-15-17-9-4-3-5-10-17/h3-5,9-10,18-20,31H,6-8,11-16,25H2,1-2H3,(H,26,32)(H,27,33)(H,28,35)/t18-,19-,20+/m0/s1. The van der Waals surface area contributed by atoms with E-state index < -0.39 is 42.6 Å². The van der Waals surface area contributed by atoms with Crippen molar-refractivity contribution in [3.05, 3.63) is 35.9 Å². The van der Waals surface area contributed by atoms with Crippen LogP contribution in [-0.2, 0) is 20.9 Å². The number of carbonyl (C=O) groups excluding carboxylic acids is 4. The minimum Gasteiger partial charge on any atom is -0.394 e. The Balaban J connectivity index is 2.05. The fourth-order valence-corrected chi connectivity index (χ4v) is 3.90. The van der Waals surface area contributed by atoms with Gasteiger partial charge >= 0.3 is 6.03 Å². The lowest BCUT2D eigenvalue weighted by atomic mass is 10.1. The average Bonchev–Trinajstić information content (AvgIpc) is 3.35. The number of amides is 5. The summed E-state index contributed by atoms with van der Waals surface area (Å²) in [6, 6.07) is 6.23. The summed E-state index contributed by atoms with van der Waals surface area (Å²) in [4.78, 5) is 53.6. The molecule has 194 valence electrons. The van der Waals surface area contributed by atoms with Gasteiger partial charge in [-0.3, -0.25) is 14.4 Å². The van der Waals surface area contributed by atoms with Crippen molar-refractivity contribution in [1.82, 2.24) is 25.8 Å². The second-order valence-corrected chi connectivity index (χ2v) is 8.82. The molecule has 0 aromatic heterocycles. The SMILES string of the molecule is CN(C)C(=O)N[C@@H](CO)C(=O)N1CCC[C@@H]1C(=O)N[C@@H](CCCCN)C(=O)NCc1ccccc1. The predicted molar refractivity (Wildman–Crippen MR) is 131 cm³/mol. The van der Waals surface area contributed by atoms with Crippen LogP contribution in [-0.4, -0.2) is 90.6 Å². The first-order valence-corrected chi connectivity index (χ1v) is 12.0. The molecule has 1 saturated heterocycles. The highest BCUT2D eigenvalue weighted by molar-refractivity contribution is 5.94. The molecule has 3 atom stereocenters. The Bertz CT molecular complexity index is 850. The van der Waals surface area contributed by atoms with E-state index in [4.69, 9.17) is 5.73 Å². The molecule has 1 aliphatic rings. The molecular formula is C24H38N6O5. The van der Waals surface area contributed by atoms with Crippen molar-refractivity contribution in [1.29, 1.82) is 0 Å². The second kappa shape index (κ2) is 14.3. The van der Waals surface area contributed by atoms with Crippen LogP contribution in [0.25, 0.3) is 0 Å². The van der Waals surface area contributed by atoms with E-state index in [0.29, 0.717) is 45.3 Å². The van der Waals surface area contributed by atoms with E-state index in [1.807, 2.05) is 30.3 Å². The highest BCUT2D eigenvalue weighted by atomic mass is 16.3. The molecule has 0 aliphatic carbocycles. The van der Waals surface area contributed by atoms with Crippen molar-refractivity contribution >= 4 is 23.8 Å². The molecule has 0 spiro atoms. The number of nitrogens with one attached hydrogen (secondary N) is 3. The molecule has 1 aromatic rings. The topological polar surface area (TPSA) is 157 Å². The lowest BCUT2D eigenvalue weighted by Gasteiger charge is -2.29. The monoisotopic (exact) mass is 490 g/mol. The van der Waals surface area contributed by atoms with Crippen molar-refractivity contribution in [3.63, 3.8) is 0 Å². The van der Waals surface area contributed by atoms with Gasteiger partial charge in [0, 0.05) is 27.2 Å². The van der Waals surface area contributed by atoms with Gasteiger partial charge in [-0.1, -0.05) is 30.3 Å². The fourth-order valence-electron chi connectivity index (χ4n) is 3.90. The molecule has 1 aliphatic heterocycles. The summed E-state index contributed by atoms with van der Waals surface area (Å²) in [5.74, 6) is -1.27. The van der Waals surface area contributed by atoms with E-state index >= 15 is 0 Å². The third kappa shape index (κ3) is 8.52. The number of likely N-dealkylation sites (tertiary alicyclic amines) is 1. The van der Waals surface area contributed by atoms with E-state index in [1.165, 1.54) is 23.9 Å². The van der Waals surface area contributed by atoms with Crippen LogP contribution in [0.4, 0.5) is 4.79 Å². The van der Waals surface area contributed by atoms with E-state index in [1.54, 1.807) is 0 Å². The van der Waals surface area contributed by atoms with Gasteiger partial charge in [-0.15, -0.1) is 0 Å². The Morgan fingerprint density at radius 2 is 1.83 bits per heavy atom. The molecule has 35 heavy (non-hydrogen) atoms. The van der Waals surface area contributed by atoms with Gasteiger partial charge in [-0.05, 0) is 44.2 Å². The molecule has 5 amide bonds. The van der Waals surface area contributed by atoms with Crippen LogP contribution >= 0.6 is 0 Å². The number of hydrogen-bond donors (Lipinski definition) is 5. The summed E-state index contributed by atoms with van der Waals surface area (Å²) in [7, 11) is 3.04. The lowest BCUT2D eigenvalue weighted by Crippen LogP contribution is -2.57. The van der Waals surface area contributed by atoms with Crippen LogP contribution < -0.4 is 21.7 Å². The number of rotatable bonds is 12. The van der Waals surface area contributed by atoms with Crippen LogP contribution in [0.3, 0.4) is 0 Å². The molecule has 1 aromatic carbocycles. The highest BCUT2D eigenvalue weighted by Gasteiger charge is 2.38. The zero-order valence-electron chi connectivity index (χ0n) is 20.5. The molecule has 6 N–H and O–H groups in total. The summed E-state index contributed by atoms with van der Waals surface area (Å²) in [6.45, 7) is 0.551. The maximum Gasteiger partial charge on any atom is 0.317 e. The van der Waals surface area contributed by atoms with Crippen LogP contribution in [0, 0.1) is 0 Å². The molecule has 0 radical (unpaired) electrons. The number of aliphatic hydroxyl groups is 1. The molecule has 1 fully saturated rings. The van der Waals surface area contributed by atoms with Crippen molar-refractivity contribution < 1.29 is 24.3 Å². The number of benzene rings is 1. The van der Waals surface area contributed by atoms with Crippen LogP contribution in [0.1, 0.15) is 37.7 Å². The van der Waals surface area contributed by atoms with E-state index in [2.05, 4.69) is 16.0 Å². The van der Waals surface area contributed by atoms with Crippen LogP contribution in [0.15, 0.2) is 30.3 Å². The highest BCUT2D eigenvalue weighted by Crippen LogP contribution is 2.19. The van der Waals surface area contributed by atoms with Gasteiger partial charge in [0.25, 0.3) is 0 Å². The van der Waals surface area contributed by atoms with E-state index in [9.17, 15) is 24.3 Å². The van der Waals surface area contributed by atoms with Crippen LogP contribution in [0.2, 0.25) is 0 Å². The molecule has 2 rings (SSSR count). The minimum atomic E-state index is -1.16. The number of urea groups is 1. The summed E-state index contributed by atoms with van der Waals surface area (Å²) < 4.78 is 0. The van der Waals surface area contributed by atoms with Crippen LogP contribution in [0.5, 0.6) is 0 Å². The van der Waals surface area contributed by atoms with Crippen molar-refractivity contribution in [2.45, 2.75) is 56.8 Å². The van der Waals surface area contributed by atoms with Gasteiger partial charge in [0.05, 0.1) is 6.61 Å². The molecule has 1 heterocycles. The van der Waals surface area contributed by atoms with Gasteiger partial charge in [-0.2, -0.15) is 0 Å². The maximum atomic E-state index is 13.2. The Morgan fingerprint density at radius 1 is 1.11 bits per heavy atom. The number of carbonyl (C=O) groups is 4. The largest absolute Gasteiger partial charge is 0.394 e. The molecule has 0 saturated carbocycles. The Kier molecular flexibility index (Phi) is 11.4. The first-order valence-electron chi connectivity index (χ1n) is 12.0. The quantitative estimate of drug-likeness (QED) is 0.250. The zero-order valence-corrected chi connectivity index (χ0v) is 20.5. The predicted octanol–water partition coefficient (Wildman–Crippen LogP) is -0.460. The van der Waals surface area contributed by atoms with Gasteiger partial charge in [0.2, 0.25) is 17.7 Å². The maximum absolute atomic E-state index is 13.2. The molecule has 11 heteroatoms. The Labute approximate surface area is 206 Å². The fraction of sp³-hybridized carbons (Fsp3) is 0.583. The summed E-state index contributed by atoms with van der Waals surface area (Å²) in [6.07, 6.45) is 2.83. The first kappa shape index (κ1) is 28.1. The smallest absolute Gasteiger partial charge is 0.317 e. The lowest BCUT2D eigenvalue weighted by molar-refractivity contribution is -0.141. The Hall–Kier alpha value is -3.18. The second-order valence-electron chi connectivity index (χ2n) is 8.82.